The molecule has 6 nitrogen and oxygen atoms in total. The maximum absolute atomic E-state index is 11.1. The van der Waals surface area contributed by atoms with Gasteiger partial charge in [-0.2, -0.15) is 0 Å². The molecule has 0 aliphatic rings. The highest BCUT2D eigenvalue weighted by molar-refractivity contribution is 5.88. The van der Waals surface area contributed by atoms with Gasteiger partial charge in [-0.05, 0) is 43.9 Å². The highest BCUT2D eigenvalue weighted by Crippen LogP contribution is 2.38. The quantitative estimate of drug-likeness (QED) is 0.663. The first-order valence-electron chi connectivity index (χ1n) is 8.41. The second kappa shape index (κ2) is 5.94. The van der Waals surface area contributed by atoms with Crippen LogP contribution in [-0.4, -0.2) is 20.2 Å². The van der Waals surface area contributed by atoms with Gasteiger partial charge in [0, 0.05) is 11.1 Å². The third-order valence-corrected chi connectivity index (χ3v) is 4.83. The maximum Gasteiger partial charge on any atom is 0.198 e. The summed E-state index contributed by atoms with van der Waals surface area (Å²) in [6, 6.07) is 3.99. The zero-order valence-corrected chi connectivity index (χ0v) is 14.6. The molecule has 0 saturated carbocycles. The Labute approximate surface area is 141 Å². The molecule has 0 spiro atoms. The van der Waals surface area contributed by atoms with Crippen molar-refractivity contribution in [2.24, 2.45) is 0 Å². The number of H-pyrrole nitrogens is 1. The fourth-order valence-electron chi connectivity index (χ4n) is 3.30. The Hall–Kier alpha value is -2.34. The Morgan fingerprint density at radius 3 is 2.58 bits per heavy atom. The van der Waals surface area contributed by atoms with E-state index < -0.39 is 5.60 Å². The standard InChI is InChI=1S/C18H24N4O2/c1-5-13-15(10(4)24-22-13)11-8-12(18(23,6-2)7-3)16-14(9-11)20-17(19)21-16/h8-9,23H,5-7H2,1-4H3,(H3,19,20,21). The van der Waals surface area contributed by atoms with E-state index in [0.29, 0.717) is 18.8 Å². The monoisotopic (exact) mass is 328 g/mol. The van der Waals surface area contributed by atoms with Gasteiger partial charge in [-0.1, -0.05) is 25.9 Å². The molecule has 24 heavy (non-hydrogen) atoms. The number of nitrogen functional groups attached to an aromatic ring is 1. The molecule has 0 fully saturated rings. The highest BCUT2D eigenvalue weighted by atomic mass is 16.5. The number of anilines is 1. The van der Waals surface area contributed by atoms with Gasteiger partial charge in [-0.25, -0.2) is 4.98 Å². The van der Waals surface area contributed by atoms with Crippen LogP contribution in [0.2, 0.25) is 0 Å². The Morgan fingerprint density at radius 2 is 1.96 bits per heavy atom. The number of aromatic amines is 1. The SMILES string of the molecule is CCc1noc(C)c1-c1cc(C(O)(CC)CC)c2nc(N)[nH]c2c1. The lowest BCUT2D eigenvalue weighted by molar-refractivity contribution is 0.0297. The van der Waals surface area contributed by atoms with Gasteiger partial charge in [0.25, 0.3) is 0 Å². The third kappa shape index (κ3) is 2.47. The topological polar surface area (TPSA) is 101 Å². The number of fused-ring (bicyclic) bond motifs is 1. The minimum atomic E-state index is -0.951. The minimum Gasteiger partial charge on any atom is -0.385 e. The zero-order chi connectivity index (χ0) is 17.5. The molecule has 0 aliphatic heterocycles. The molecule has 0 radical (unpaired) electrons. The molecular formula is C18H24N4O2. The molecule has 3 rings (SSSR count). The van der Waals surface area contributed by atoms with Crippen LogP contribution in [0.5, 0.6) is 0 Å². The van der Waals surface area contributed by atoms with E-state index in [2.05, 4.69) is 15.1 Å². The molecule has 0 unspecified atom stereocenters. The number of imidazole rings is 1. The van der Waals surface area contributed by atoms with Crippen LogP contribution in [0.3, 0.4) is 0 Å². The predicted octanol–water partition coefficient (Wildman–Crippen LogP) is 3.68. The minimum absolute atomic E-state index is 0.343. The van der Waals surface area contributed by atoms with Crippen LogP contribution < -0.4 is 5.73 Å². The van der Waals surface area contributed by atoms with Crippen molar-refractivity contribution in [1.82, 2.24) is 15.1 Å². The summed E-state index contributed by atoms with van der Waals surface area (Å²) >= 11 is 0. The lowest BCUT2D eigenvalue weighted by Crippen LogP contribution is -2.24. The smallest absolute Gasteiger partial charge is 0.198 e. The van der Waals surface area contributed by atoms with Crippen molar-refractivity contribution in [2.45, 2.75) is 52.6 Å². The van der Waals surface area contributed by atoms with Crippen molar-refractivity contribution >= 4 is 17.0 Å². The van der Waals surface area contributed by atoms with Crippen LogP contribution in [0, 0.1) is 6.92 Å². The predicted molar refractivity (Wildman–Crippen MR) is 94.6 cm³/mol. The van der Waals surface area contributed by atoms with Gasteiger partial charge in [0.15, 0.2) is 5.95 Å². The first-order chi connectivity index (χ1) is 11.4. The summed E-state index contributed by atoms with van der Waals surface area (Å²) in [6.07, 6.45) is 1.97. The van der Waals surface area contributed by atoms with E-state index in [1.54, 1.807) is 0 Å². The molecule has 4 N–H and O–H groups in total. The average Bonchev–Trinajstić information content (AvgIpc) is 3.14. The number of rotatable bonds is 5. The normalized spacial score (nSPS) is 12.2. The molecule has 0 amide bonds. The second-order valence-electron chi connectivity index (χ2n) is 6.19. The summed E-state index contributed by atoms with van der Waals surface area (Å²) in [5, 5.41) is 15.2. The molecule has 0 bridgehead atoms. The molecular weight excluding hydrogens is 304 g/mol. The van der Waals surface area contributed by atoms with Crippen LogP contribution in [0.15, 0.2) is 16.7 Å². The van der Waals surface area contributed by atoms with Crippen molar-refractivity contribution in [2.75, 3.05) is 5.73 Å². The number of aryl methyl sites for hydroxylation is 2. The molecule has 1 aromatic carbocycles. The average molecular weight is 328 g/mol. The second-order valence-corrected chi connectivity index (χ2v) is 6.19. The fourth-order valence-corrected chi connectivity index (χ4v) is 3.30. The Morgan fingerprint density at radius 1 is 1.25 bits per heavy atom. The van der Waals surface area contributed by atoms with Gasteiger partial charge in [0.2, 0.25) is 0 Å². The van der Waals surface area contributed by atoms with E-state index in [4.69, 9.17) is 10.3 Å². The molecule has 2 heterocycles. The van der Waals surface area contributed by atoms with E-state index in [1.165, 1.54) is 0 Å². The van der Waals surface area contributed by atoms with Crippen molar-refractivity contribution in [3.05, 3.63) is 29.2 Å². The van der Waals surface area contributed by atoms with Gasteiger partial charge in [0.05, 0.1) is 22.3 Å². The zero-order valence-electron chi connectivity index (χ0n) is 14.6. The first-order valence-corrected chi connectivity index (χ1v) is 8.41. The summed E-state index contributed by atoms with van der Waals surface area (Å²) in [6.45, 7) is 7.89. The number of aliphatic hydroxyl groups is 1. The summed E-state index contributed by atoms with van der Waals surface area (Å²) in [5.74, 6) is 1.11. The molecule has 3 aromatic rings. The summed E-state index contributed by atoms with van der Waals surface area (Å²) in [7, 11) is 0. The molecule has 0 atom stereocenters. The van der Waals surface area contributed by atoms with Crippen LogP contribution in [0.25, 0.3) is 22.2 Å². The Bertz CT molecular complexity index is 875. The fraction of sp³-hybridized carbons (Fsp3) is 0.444. The van der Waals surface area contributed by atoms with E-state index in [-0.39, 0.29) is 0 Å². The van der Waals surface area contributed by atoms with Gasteiger partial charge < -0.3 is 20.3 Å². The van der Waals surface area contributed by atoms with Crippen molar-refractivity contribution < 1.29 is 9.63 Å². The largest absolute Gasteiger partial charge is 0.385 e. The van der Waals surface area contributed by atoms with Crippen LogP contribution in [-0.2, 0) is 12.0 Å². The Balaban J connectivity index is 2.33. The molecule has 0 saturated heterocycles. The van der Waals surface area contributed by atoms with Crippen LogP contribution >= 0.6 is 0 Å². The number of benzene rings is 1. The van der Waals surface area contributed by atoms with Gasteiger partial charge in [-0.3, -0.25) is 0 Å². The summed E-state index contributed by atoms with van der Waals surface area (Å²) in [4.78, 5) is 7.47. The van der Waals surface area contributed by atoms with Gasteiger partial charge in [0.1, 0.15) is 5.76 Å². The third-order valence-electron chi connectivity index (χ3n) is 4.83. The van der Waals surface area contributed by atoms with Gasteiger partial charge >= 0.3 is 0 Å². The van der Waals surface area contributed by atoms with Crippen LogP contribution in [0.1, 0.15) is 50.6 Å². The summed E-state index contributed by atoms with van der Waals surface area (Å²) < 4.78 is 5.37. The maximum atomic E-state index is 11.1. The number of hydrogen-bond acceptors (Lipinski definition) is 5. The highest BCUT2D eigenvalue weighted by Gasteiger charge is 2.30. The van der Waals surface area contributed by atoms with E-state index in [9.17, 15) is 5.11 Å². The number of nitrogens with zero attached hydrogens (tertiary/aromatic N) is 2. The van der Waals surface area contributed by atoms with Crippen molar-refractivity contribution in [3.63, 3.8) is 0 Å². The molecule has 128 valence electrons. The number of hydrogen-bond donors (Lipinski definition) is 3. The molecule has 2 aromatic heterocycles. The number of aromatic nitrogens is 3. The van der Waals surface area contributed by atoms with E-state index in [0.717, 1.165) is 45.6 Å². The lowest BCUT2D eigenvalue weighted by atomic mass is 9.85. The Kier molecular flexibility index (Phi) is 4.09. The van der Waals surface area contributed by atoms with Gasteiger partial charge in [-0.15, -0.1) is 0 Å². The molecule has 0 aliphatic carbocycles. The molecule has 6 heteroatoms. The van der Waals surface area contributed by atoms with Crippen LogP contribution in [0.4, 0.5) is 5.95 Å². The van der Waals surface area contributed by atoms with Crippen molar-refractivity contribution in [1.29, 1.82) is 0 Å². The van der Waals surface area contributed by atoms with Crippen molar-refractivity contribution in [3.8, 4) is 11.1 Å². The van der Waals surface area contributed by atoms with E-state index in [1.807, 2.05) is 39.8 Å². The number of nitrogens with one attached hydrogen (secondary N) is 1. The number of nitrogens with two attached hydrogens (primary N) is 1. The van der Waals surface area contributed by atoms with E-state index >= 15 is 0 Å². The lowest BCUT2D eigenvalue weighted by Gasteiger charge is -2.26. The summed E-state index contributed by atoms with van der Waals surface area (Å²) in [5.41, 5.74) is 10.1. The first kappa shape index (κ1) is 16.5.